The fraction of sp³-hybridized carbons (Fsp3) is 0.417. The van der Waals surface area contributed by atoms with E-state index in [4.69, 9.17) is 5.11 Å². The Morgan fingerprint density at radius 3 is 2.44 bits per heavy atom. The number of aryl methyl sites for hydroxylation is 2. The third-order valence-corrected chi connectivity index (χ3v) is 3.90. The molecule has 0 aliphatic heterocycles. The minimum atomic E-state index is -3.49. The molecule has 5 nitrogen and oxygen atoms in total. The fourth-order valence-electron chi connectivity index (χ4n) is 1.75. The summed E-state index contributed by atoms with van der Waals surface area (Å²) in [6.45, 7) is 5.20. The Morgan fingerprint density at radius 2 is 1.94 bits per heavy atom. The van der Waals surface area contributed by atoms with Crippen LogP contribution in [0.4, 0.5) is 5.69 Å². The van der Waals surface area contributed by atoms with Gasteiger partial charge in [0.15, 0.2) is 0 Å². The van der Waals surface area contributed by atoms with Crippen LogP contribution in [0.3, 0.4) is 0 Å². The molecule has 1 aromatic carbocycles. The highest BCUT2D eigenvalue weighted by atomic mass is 32.2. The van der Waals surface area contributed by atoms with Crippen molar-refractivity contribution in [3.05, 3.63) is 28.8 Å². The van der Waals surface area contributed by atoms with E-state index in [0.29, 0.717) is 12.0 Å². The topological polar surface area (TPSA) is 83.5 Å². The highest BCUT2D eigenvalue weighted by molar-refractivity contribution is 7.92. The molecule has 0 heterocycles. The molecule has 0 fully saturated rings. The van der Waals surface area contributed by atoms with Gasteiger partial charge in [0.1, 0.15) is 0 Å². The molecule has 18 heavy (non-hydrogen) atoms. The van der Waals surface area contributed by atoms with Gasteiger partial charge in [-0.25, -0.2) is 13.2 Å². The Bertz CT molecular complexity index is 564. The smallest absolute Gasteiger partial charge is 0.337 e. The van der Waals surface area contributed by atoms with Gasteiger partial charge in [-0.2, -0.15) is 0 Å². The number of hydrogen-bond acceptors (Lipinski definition) is 3. The largest absolute Gasteiger partial charge is 0.478 e. The van der Waals surface area contributed by atoms with Crippen LogP contribution in [-0.4, -0.2) is 25.2 Å². The zero-order valence-corrected chi connectivity index (χ0v) is 11.5. The monoisotopic (exact) mass is 271 g/mol. The predicted octanol–water partition coefficient (Wildman–Crippen LogP) is 2.15. The molecule has 0 aliphatic carbocycles. The number of rotatable bonds is 5. The molecule has 0 atom stereocenters. The quantitative estimate of drug-likeness (QED) is 0.859. The lowest BCUT2D eigenvalue weighted by Gasteiger charge is -2.13. The summed E-state index contributed by atoms with van der Waals surface area (Å²) in [6.07, 6.45) is 0.475. The van der Waals surface area contributed by atoms with E-state index in [-0.39, 0.29) is 17.0 Å². The number of benzene rings is 1. The highest BCUT2D eigenvalue weighted by Crippen LogP contribution is 2.24. The fourth-order valence-corrected chi connectivity index (χ4v) is 2.97. The SMILES string of the molecule is CCCS(=O)(=O)Nc1c(C)cc(C)cc1C(=O)O. The third kappa shape index (κ3) is 3.46. The summed E-state index contributed by atoms with van der Waals surface area (Å²) in [5.74, 6) is -1.17. The maximum absolute atomic E-state index is 11.7. The van der Waals surface area contributed by atoms with Gasteiger partial charge >= 0.3 is 5.97 Å². The van der Waals surface area contributed by atoms with Crippen LogP contribution in [0.25, 0.3) is 0 Å². The predicted molar refractivity (Wildman–Crippen MR) is 70.6 cm³/mol. The molecule has 0 bridgehead atoms. The number of anilines is 1. The van der Waals surface area contributed by atoms with Crippen molar-refractivity contribution >= 4 is 21.7 Å². The van der Waals surface area contributed by atoms with E-state index in [1.54, 1.807) is 26.8 Å². The lowest BCUT2D eigenvalue weighted by atomic mass is 10.0. The van der Waals surface area contributed by atoms with E-state index in [1.807, 2.05) is 0 Å². The molecule has 2 N–H and O–H groups in total. The van der Waals surface area contributed by atoms with Gasteiger partial charge in [0.2, 0.25) is 10.0 Å². The molecule has 100 valence electrons. The van der Waals surface area contributed by atoms with Gasteiger partial charge in [0.05, 0.1) is 17.0 Å². The zero-order chi connectivity index (χ0) is 13.9. The molecule has 0 radical (unpaired) electrons. The van der Waals surface area contributed by atoms with Crippen LogP contribution in [0.5, 0.6) is 0 Å². The summed E-state index contributed by atoms with van der Waals surface area (Å²) >= 11 is 0. The van der Waals surface area contributed by atoms with E-state index in [9.17, 15) is 13.2 Å². The molecule has 0 aliphatic rings. The summed E-state index contributed by atoms with van der Waals surface area (Å²) in [5, 5.41) is 9.11. The number of nitrogens with one attached hydrogen (secondary N) is 1. The maximum Gasteiger partial charge on any atom is 0.337 e. The summed E-state index contributed by atoms with van der Waals surface area (Å²) in [6, 6.07) is 3.20. The Hall–Kier alpha value is -1.56. The zero-order valence-electron chi connectivity index (χ0n) is 10.6. The first-order valence-corrected chi connectivity index (χ1v) is 7.27. The van der Waals surface area contributed by atoms with Crippen molar-refractivity contribution in [3.63, 3.8) is 0 Å². The number of carbonyl (C=O) groups is 1. The molecule has 0 saturated carbocycles. The average Bonchev–Trinajstić information content (AvgIpc) is 2.21. The number of hydrogen-bond donors (Lipinski definition) is 2. The maximum atomic E-state index is 11.7. The molecule has 6 heteroatoms. The second-order valence-corrected chi connectivity index (χ2v) is 6.07. The molecular formula is C12H17NO4S. The van der Waals surface area contributed by atoms with Crippen molar-refractivity contribution in [3.8, 4) is 0 Å². The third-order valence-electron chi connectivity index (χ3n) is 2.44. The van der Waals surface area contributed by atoms with E-state index in [1.165, 1.54) is 6.07 Å². The Morgan fingerprint density at radius 1 is 1.33 bits per heavy atom. The van der Waals surface area contributed by atoms with Crippen molar-refractivity contribution in [2.24, 2.45) is 0 Å². The van der Waals surface area contributed by atoms with Crippen molar-refractivity contribution in [2.75, 3.05) is 10.5 Å². The van der Waals surface area contributed by atoms with Gasteiger partial charge in [0, 0.05) is 0 Å². The second kappa shape index (κ2) is 5.39. The first-order chi connectivity index (χ1) is 8.26. The van der Waals surface area contributed by atoms with Crippen molar-refractivity contribution in [2.45, 2.75) is 27.2 Å². The van der Waals surface area contributed by atoms with Crippen LogP contribution in [0.1, 0.15) is 34.8 Å². The minimum Gasteiger partial charge on any atom is -0.478 e. The van der Waals surface area contributed by atoms with Gasteiger partial charge < -0.3 is 5.11 Å². The standard InChI is InChI=1S/C12H17NO4S/c1-4-5-18(16,17)13-11-9(3)6-8(2)7-10(11)12(14)15/h6-7,13H,4-5H2,1-3H3,(H,14,15). The van der Waals surface area contributed by atoms with Gasteiger partial charge in [-0.15, -0.1) is 0 Å². The van der Waals surface area contributed by atoms with Crippen molar-refractivity contribution < 1.29 is 18.3 Å². The van der Waals surface area contributed by atoms with Crippen molar-refractivity contribution in [1.29, 1.82) is 0 Å². The number of aromatic carboxylic acids is 1. The number of sulfonamides is 1. The van der Waals surface area contributed by atoms with Crippen LogP contribution in [0, 0.1) is 13.8 Å². The van der Waals surface area contributed by atoms with Crippen LogP contribution in [0.15, 0.2) is 12.1 Å². The summed E-state index contributed by atoms with van der Waals surface area (Å²) in [7, 11) is -3.49. The second-order valence-electron chi connectivity index (χ2n) is 4.23. The minimum absolute atomic E-state index is 0.0211. The van der Waals surface area contributed by atoms with E-state index in [2.05, 4.69) is 4.72 Å². The van der Waals surface area contributed by atoms with Gasteiger partial charge in [-0.1, -0.05) is 13.0 Å². The van der Waals surface area contributed by atoms with Gasteiger partial charge in [0.25, 0.3) is 0 Å². The lowest BCUT2D eigenvalue weighted by Crippen LogP contribution is -2.19. The molecule has 0 unspecified atom stereocenters. The van der Waals surface area contributed by atoms with Gasteiger partial charge in [-0.3, -0.25) is 4.72 Å². The summed E-state index contributed by atoms with van der Waals surface area (Å²) in [5.41, 5.74) is 1.52. The van der Waals surface area contributed by atoms with Crippen LogP contribution < -0.4 is 4.72 Å². The molecule has 1 aromatic rings. The first kappa shape index (κ1) is 14.5. The van der Waals surface area contributed by atoms with Crippen LogP contribution in [-0.2, 0) is 10.0 Å². The molecule has 0 aromatic heterocycles. The highest BCUT2D eigenvalue weighted by Gasteiger charge is 2.18. The number of carboxylic acid groups (broad SMARTS) is 1. The molecule has 0 spiro atoms. The molecule has 1 rings (SSSR count). The van der Waals surface area contributed by atoms with Gasteiger partial charge in [-0.05, 0) is 37.5 Å². The molecule has 0 amide bonds. The molecular weight excluding hydrogens is 254 g/mol. The van der Waals surface area contributed by atoms with E-state index in [0.717, 1.165) is 5.56 Å². The molecule has 0 saturated heterocycles. The van der Waals surface area contributed by atoms with Crippen LogP contribution >= 0.6 is 0 Å². The summed E-state index contributed by atoms with van der Waals surface area (Å²) in [4.78, 5) is 11.1. The number of carboxylic acids is 1. The van der Waals surface area contributed by atoms with Crippen LogP contribution in [0.2, 0.25) is 0 Å². The average molecular weight is 271 g/mol. The van der Waals surface area contributed by atoms with E-state index >= 15 is 0 Å². The Kier molecular flexibility index (Phi) is 4.34. The van der Waals surface area contributed by atoms with Crippen molar-refractivity contribution in [1.82, 2.24) is 0 Å². The van der Waals surface area contributed by atoms with E-state index < -0.39 is 16.0 Å². The normalized spacial score (nSPS) is 11.3. The Balaban J connectivity index is 3.28. The Labute approximate surface area is 107 Å². The first-order valence-electron chi connectivity index (χ1n) is 5.62. The summed E-state index contributed by atoms with van der Waals surface area (Å²) < 4.78 is 25.8. The lowest BCUT2D eigenvalue weighted by molar-refractivity contribution is 0.0698.